The number of aryl methyl sites for hydroxylation is 1. The van der Waals surface area contributed by atoms with Crippen LogP contribution in [0.2, 0.25) is 0 Å². The molecule has 0 radical (unpaired) electrons. The molecule has 27 heavy (non-hydrogen) atoms. The van der Waals surface area contributed by atoms with E-state index in [0.717, 1.165) is 12.8 Å². The van der Waals surface area contributed by atoms with E-state index < -0.39 is 0 Å². The van der Waals surface area contributed by atoms with Crippen LogP contribution in [0, 0.1) is 12.8 Å². The van der Waals surface area contributed by atoms with E-state index in [4.69, 9.17) is 4.74 Å². The Bertz CT molecular complexity index is 800. The number of thiophene rings is 1. The summed E-state index contributed by atoms with van der Waals surface area (Å²) in [7, 11) is 0. The van der Waals surface area contributed by atoms with Crippen molar-refractivity contribution in [1.29, 1.82) is 0 Å². The van der Waals surface area contributed by atoms with Crippen LogP contribution in [0.3, 0.4) is 0 Å². The molecule has 0 unspecified atom stereocenters. The molecule has 0 aromatic carbocycles. The third-order valence-electron chi connectivity index (χ3n) is 5.18. The summed E-state index contributed by atoms with van der Waals surface area (Å²) in [5.41, 5.74) is 0.661. The Hall–Kier alpha value is -2.26. The fourth-order valence-corrected chi connectivity index (χ4v) is 4.38. The molecule has 2 aromatic heterocycles. The van der Waals surface area contributed by atoms with E-state index in [1.54, 1.807) is 4.90 Å². The molecule has 8 nitrogen and oxygen atoms in total. The zero-order valence-corrected chi connectivity index (χ0v) is 16.0. The molecule has 144 valence electrons. The lowest BCUT2D eigenvalue weighted by atomic mass is 9.99. The second kappa shape index (κ2) is 7.77. The summed E-state index contributed by atoms with van der Waals surface area (Å²) in [5, 5.41) is 14.0. The fraction of sp³-hybridized carbons (Fsp3) is 0.556. The number of ether oxygens (including phenoxy) is 1. The summed E-state index contributed by atoms with van der Waals surface area (Å²) in [5.74, 6) is 1.30. The smallest absolute Gasteiger partial charge is 0.255 e. The minimum absolute atomic E-state index is 0.00965. The highest BCUT2D eigenvalue weighted by atomic mass is 32.1. The molecule has 0 bridgehead atoms. The largest absolute Gasteiger partial charge is 0.381 e. The van der Waals surface area contributed by atoms with E-state index in [1.807, 2.05) is 23.8 Å². The minimum atomic E-state index is -0.248. The van der Waals surface area contributed by atoms with Crippen LogP contribution in [-0.2, 0) is 9.53 Å². The van der Waals surface area contributed by atoms with Gasteiger partial charge in [0.25, 0.3) is 5.91 Å². The predicted molar refractivity (Wildman–Crippen MR) is 99.3 cm³/mol. The van der Waals surface area contributed by atoms with Crippen LogP contribution in [0.4, 0.5) is 0 Å². The molecule has 4 heterocycles. The summed E-state index contributed by atoms with van der Waals surface area (Å²) in [4.78, 5) is 31.8. The first-order chi connectivity index (χ1) is 13.1. The average Bonchev–Trinajstić information content (AvgIpc) is 3.42. The van der Waals surface area contributed by atoms with Crippen molar-refractivity contribution in [3.8, 4) is 0 Å². The van der Waals surface area contributed by atoms with Crippen LogP contribution in [0.5, 0.6) is 0 Å². The maximum atomic E-state index is 13.0. The van der Waals surface area contributed by atoms with Gasteiger partial charge in [0.15, 0.2) is 5.82 Å². The van der Waals surface area contributed by atoms with Gasteiger partial charge in [-0.05, 0) is 37.6 Å². The van der Waals surface area contributed by atoms with Crippen molar-refractivity contribution in [2.24, 2.45) is 5.92 Å². The van der Waals surface area contributed by atoms with Crippen molar-refractivity contribution in [3.05, 3.63) is 34.0 Å². The van der Waals surface area contributed by atoms with Crippen molar-refractivity contribution in [3.63, 3.8) is 0 Å². The molecule has 2 aromatic rings. The fourth-order valence-electron chi connectivity index (χ4n) is 3.75. The van der Waals surface area contributed by atoms with E-state index in [1.165, 1.54) is 11.3 Å². The van der Waals surface area contributed by atoms with Crippen LogP contribution in [0.15, 0.2) is 16.8 Å². The SMILES string of the molecule is Cc1nc([C@@H]2C[C@H](NC(=O)C3CCOCC3)CN2C(=O)c2ccsc2)n[nH]1. The number of nitrogens with zero attached hydrogens (tertiary/aromatic N) is 3. The number of hydrogen-bond acceptors (Lipinski definition) is 6. The zero-order valence-electron chi connectivity index (χ0n) is 15.2. The van der Waals surface area contributed by atoms with Gasteiger partial charge in [-0.25, -0.2) is 4.98 Å². The number of aromatic amines is 1. The number of likely N-dealkylation sites (tertiary alicyclic amines) is 1. The molecule has 0 spiro atoms. The van der Waals surface area contributed by atoms with Gasteiger partial charge in [-0.3, -0.25) is 14.7 Å². The zero-order chi connectivity index (χ0) is 18.8. The second-order valence-corrected chi connectivity index (χ2v) is 7.87. The molecule has 2 amide bonds. The normalized spacial score (nSPS) is 23.5. The summed E-state index contributed by atoms with van der Waals surface area (Å²) in [6, 6.07) is 1.47. The van der Waals surface area contributed by atoms with E-state index in [9.17, 15) is 9.59 Å². The van der Waals surface area contributed by atoms with Gasteiger partial charge in [-0.2, -0.15) is 16.4 Å². The van der Waals surface area contributed by atoms with Crippen molar-refractivity contribution in [2.45, 2.75) is 38.3 Å². The summed E-state index contributed by atoms with van der Waals surface area (Å²) < 4.78 is 5.34. The van der Waals surface area contributed by atoms with Crippen molar-refractivity contribution in [1.82, 2.24) is 25.4 Å². The van der Waals surface area contributed by atoms with Gasteiger partial charge < -0.3 is 15.0 Å². The molecule has 2 aliphatic heterocycles. The van der Waals surface area contributed by atoms with Crippen LogP contribution in [-0.4, -0.2) is 57.7 Å². The topological polar surface area (TPSA) is 100 Å². The lowest BCUT2D eigenvalue weighted by Gasteiger charge is -2.23. The van der Waals surface area contributed by atoms with Gasteiger partial charge in [0.1, 0.15) is 5.82 Å². The quantitative estimate of drug-likeness (QED) is 0.829. The molecular formula is C18H23N5O3S. The van der Waals surface area contributed by atoms with Gasteiger partial charge >= 0.3 is 0 Å². The van der Waals surface area contributed by atoms with Gasteiger partial charge in [-0.1, -0.05) is 0 Å². The summed E-state index contributed by atoms with van der Waals surface area (Å²) in [6.45, 7) is 3.55. The Balaban J connectivity index is 1.50. The standard InChI is InChI=1S/C18H23N5O3S/c1-11-19-16(22-21-11)15-8-14(20-17(24)12-2-5-26-6-3-12)9-23(15)18(25)13-4-7-27-10-13/h4,7,10,12,14-15H,2-3,5-6,8-9H2,1H3,(H,20,24)(H,19,21,22)/t14-,15-/m0/s1. The summed E-state index contributed by atoms with van der Waals surface area (Å²) in [6.07, 6.45) is 2.11. The van der Waals surface area contributed by atoms with Gasteiger partial charge in [0.2, 0.25) is 5.91 Å². The molecule has 0 aliphatic carbocycles. The first-order valence-corrected chi connectivity index (χ1v) is 10.2. The van der Waals surface area contributed by atoms with Crippen molar-refractivity contribution < 1.29 is 14.3 Å². The second-order valence-electron chi connectivity index (χ2n) is 7.09. The van der Waals surface area contributed by atoms with Gasteiger partial charge in [-0.15, -0.1) is 0 Å². The van der Waals surface area contributed by atoms with Gasteiger partial charge in [0.05, 0.1) is 11.6 Å². The summed E-state index contributed by atoms with van der Waals surface area (Å²) >= 11 is 1.49. The molecule has 0 saturated carbocycles. The lowest BCUT2D eigenvalue weighted by molar-refractivity contribution is -0.128. The van der Waals surface area contributed by atoms with Gasteiger partial charge in [0, 0.05) is 37.1 Å². The monoisotopic (exact) mass is 389 g/mol. The number of rotatable bonds is 4. The lowest BCUT2D eigenvalue weighted by Crippen LogP contribution is -2.42. The maximum Gasteiger partial charge on any atom is 0.255 e. The molecule has 4 rings (SSSR count). The third kappa shape index (κ3) is 3.89. The molecule has 2 fully saturated rings. The number of hydrogen-bond donors (Lipinski definition) is 2. The highest BCUT2D eigenvalue weighted by Crippen LogP contribution is 2.32. The number of nitrogens with one attached hydrogen (secondary N) is 2. The first kappa shape index (κ1) is 18.1. The van der Waals surface area contributed by atoms with E-state index >= 15 is 0 Å². The maximum absolute atomic E-state index is 13.0. The molecular weight excluding hydrogens is 366 g/mol. The molecule has 9 heteroatoms. The highest BCUT2D eigenvalue weighted by molar-refractivity contribution is 7.08. The molecule has 2 N–H and O–H groups in total. The van der Waals surface area contributed by atoms with Crippen LogP contribution >= 0.6 is 11.3 Å². The average molecular weight is 389 g/mol. The van der Waals surface area contributed by atoms with E-state index in [-0.39, 0.29) is 29.8 Å². The number of H-pyrrole nitrogens is 1. The Labute approximate surface area is 161 Å². The van der Waals surface area contributed by atoms with E-state index in [2.05, 4.69) is 20.5 Å². The minimum Gasteiger partial charge on any atom is -0.381 e. The highest BCUT2D eigenvalue weighted by Gasteiger charge is 2.40. The molecule has 2 atom stereocenters. The number of amides is 2. The molecule has 2 aliphatic rings. The Morgan fingerprint density at radius 1 is 1.37 bits per heavy atom. The van der Waals surface area contributed by atoms with Crippen LogP contribution < -0.4 is 5.32 Å². The number of carbonyl (C=O) groups excluding carboxylic acids is 2. The van der Waals surface area contributed by atoms with Crippen molar-refractivity contribution >= 4 is 23.2 Å². The Kier molecular flexibility index (Phi) is 5.22. The number of aromatic nitrogens is 3. The number of carbonyl (C=O) groups is 2. The first-order valence-electron chi connectivity index (χ1n) is 9.22. The Morgan fingerprint density at radius 2 is 2.19 bits per heavy atom. The Morgan fingerprint density at radius 3 is 2.85 bits per heavy atom. The van der Waals surface area contributed by atoms with Crippen LogP contribution in [0.1, 0.15) is 47.3 Å². The molecule has 2 saturated heterocycles. The predicted octanol–water partition coefficient (Wildman–Crippen LogP) is 1.67. The third-order valence-corrected chi connectivity index (χ3v) is 5.86. The van der Waals surface area contributed by atoms with E-state index in [0.29, 0.717) is 43.4 Å². The van der Waals surface area contributed by atoms with Crippen LogP contribution in [0.25, 0.3) is 0 Å². The van der Waals surface area contributed by atoms with Crippen molar-refractivity contribution in [2.75, 3.05) is 19.8 Å².